The Kier molecular flexibility index (Phi) is 25.6. The highest BCUT2D eigenvalue weighted by Gasteiger charge is 2.48. The van der Waals surface area contributed by atoms with Gasteiger partial charge in [0.1, 0.15) is 54.9 Å². The molecule has 4 rings (SSSR count). The van der Waals surface area contributed by atoms with Crippen molar-refractivity contribution in [2.75, 3.05) is 72.8 Å². The zero-order valence-electron chi connectivity index (χ0n) is 38.9. The van der Waals surface area contributed by atoms with Crippen LogP contribution in [0, 0.1) is 0 Å². The molecule has 0 aromatic carbocycles. The molecule has 4 aliphatic heterocycles. The van der Waals surface area contributed by atoms with Gasteiger partial charge in [-0.2, -0.15) is 0 Å². The Morgan fingerprint density at radius 3 is 1.00 bits per heavy atom. The monoisotopic (exact) mass is 1050 g/mol. The molecule has 0 radical (unpaired) electrons. The van der Waals surface area contributed by atoms with Crippen molar-refractivity contribution < 1.29 is 146 Å². The van der Waals surface area contributed by atoms with Crippen molar-refractivity contribution in [1.29, 1.82) is 0 Å². The normalized spacial score (nSPS) is 39.3. The van der Waals surface area contributed by atoms with E-state index in [4.69, 9.17) is 33.2 Å². The Labute approximate surface area is 410 Å². The fourth-order valence-electron chi connectivity index (χ4n) is 7.23. The molecule has 31 nitrogen and oxygen atoms in total. The molecule has 2 saturated heterocycles. The topological polar surface area (TPSA) is 516 Å². The molecule has 0 saturated carbocycles. The summed E-state index contributed by atoms with van der Waals surface area (Å²) >= 11 is 0. The third-order valence-corrected chi connectivity index (χ3v) is 11.5. The van der Waals surface area contributed by atoms with Crippen LogP contribution in [0.4, 0.5) is 0 Å². The van der Waals surface area contributed by atoms with Gasteiger partial charge in [0.25, 0.3) is 0 Å². The van der Waals surface area contributed by atoms with Crippen molar-refractivity contribution >= 4 is 0 Å². The van der Waals surface area contributed by atoms with E-state index in [0.29, 0.717) is 26.2 Å². The lowest BCUT2D eigenvalue weighted by molar-refractivity contribution is -0.329. The van der Waals surface area contributed by atoms with E-state index in [2.05, 4.69) is 0 Å². The summed E-state index contributed by atoms with van der Waals surface area (Å²) in [5.41, 5.74) is 0. The van der Waals surface area contributed by atoms with Crippen LogP contribution in [0.3, 0.4) is 0 Å². The second-order valence-corrected chi connectivity index (χ2v) is 16.5. The zero-order valence-corrected chi connectivity index (χ0v) is 38.9. The standard InChI is InChI=1S/C41H70N2O29/c1-42-8-10-43(11-9-42)7-2-17-23(49)29(55)37(62)69-20(5-14-46)26(52)33(59)40(65)72-35-22(16-48)71-41(34(60)28(35)54)70-21(6-15-47)27(53)32(58)39(64)68-19(4-13-45)25(51)31(57)38(63)67-18(3-12-44)24(50)30(56)36(61)66-17/h17-22,28,34-41,44-65H,2-16H2,1H3/b29-23?,30-24+,31-25-,32-27+,33-26+. The molecular weight excluding hydrogens is 984 g/mol. The van der Waals surface area contributed by atoms with Gasteiger partial charge in [-0.1, -0.05) is 0 Å². The average molecular weight is 1050 g/mol. The molecule has 31 heteroatoms. The summed E-state index contributed by atoms with van der Waals surface area (Å²) in [7, 11) is 1.86. The summed E-state index contributed by atoms with van der Waals surface area (Å²) in [5, 5.41) is 234. The van der Waals surface area contributed by atoms with E-state index in [1.54, 1.807) is 0 Å². The van der Waals surface area contributed by atoms with Crippen molar-refractivity contribution in [1.82, 2.24) is 9.80 Å². The molecule has 418 valence electrons. The van der Waals surface area contributed by atoms with Gasteiger partial charge in [0.2, 0.25) is 31.5 Å². The Morgan fingerprint density at radius 1 is 0.375 bits per heavy atom. The number of aliphatic hydroxyl groups is 22. The minimum atomic E-state index is -2.77. The molecule has 4 heterocycles. The second kappa shape index (κ2) is 29.7. The summed E-state index contributed by atoms with van der Waals surface area (Å²) in [4.78, 5) is 3.85. The van der Waals surface area contributed by atoms with Crippen LogP contribution in [0.15, 0.2) is 57.6 Å². The van der Waals surface area contributed by atoms with Crippen LogP contribution in [-0.2, 0) is 33.2 Å². The number of fused-ring (bicyclic) bond motifs is 22. The molecule has 22 N–H and O–H groups in total. The number of likely N-dealkylation sites (N-methyl/N-ethyl adjacent to an activating group) is 1. The Balaban J connectivity index is 2.21. The summed E-state index contributed by atoms with van der Waals surface area (Å²) in [5.74, 6) is -14.8. The first-order valence-corrected chi connectivity index (χ1v) is 22.4. The van der Waals surface area contributed by atoms with Gasteiger partial charge in [-0.05, 0) is 13.5 Å². The maximum Gasteiger partial charge on any atom is 0.218 e. The predicted octanol–water partition coefficient (Wildman–Crippen LogP) is -4.85. The number of hydrogen-bond acceptors (Lipinski definition) is 31. The third kappa shape index (κ3) is 16.7. The first-order valence-electron chi connectivity index (χ1n) is 22.4. The highest BCUT2D eigenvalue weighted by molar-refractivity contribution is 5.14. The van der Waals surface area contributed by atoms with Crippen LogP contribution in [0.1, 0.15) is 32.1 Å². The lowest BCUT2D eigenvalue weighted by Gasteiger charge is -2.43. The van der Waals surface area contributed by atoms with Gasteiger partial charge in [-0.3, -0.25) is 0 Å². The molecule has 72 heavy (non-hydrogen) atoms. The molecule has 2 bridgehead atoms. The van der Waals surface area contributed by atoms with Crippen molar-refractivity contribution in [3.63, 3.8) is 0 Å². The Bertz CT molecular complexity index is 1820. The second-order valence-electron chi connectivity index (χ2n) is 16.5. The molecular formula is C41H70N2O29. The minimum absolute atomic E-state index is 0.0256. The maximum atomic E-state index is 11.3. The van der Waals surface area contributed by atoms with Crippen LogP contribution < -0.4 is 0 Å². The lowest BCUT2D eigenvalue weighted by Crippen LogP contribution is -2.61. The van der Waals surface area contributed by atoms with Gasteiger partial charge in [0, 0.05) is 84.8 Å². The largest absolute Gasteiger partial charge is 0.506 e. The van der Waals surface area contributed by atoms with E-state index < -0.39 is 209 Å². The number of nitrogens with zero attached hydrogens (tertiary/aromatic N) is 2. The van der Waals surface area contributed by atoms with Gasteiger partial charge < -0.3 is 155 Å². The van der Waals surface area contributed by atoms with Crippen LogP contribution in [0.5, 0.6) is 0 Å². The summed E-state index contributed by atoms with van der Waals surface area (Å²) in [6.07, 6.45) is -38.0. The molecule has 0 aromatic rings. The molecule has 0 amide bonds. The van der Waals surface area contributed by atoms with Crippen LogP contribution in [0.25, 0.3) is 0 Å². The summed E-state index contributed by atoms with van der Waals surface area (Å²) in [6, 6.07) is 0. The number of aliphatic hydroxyl groups excluding tert-OH is 22. The van der Waals surface area contributed by atoms with Gasteiger partial charge in [0.05, 0.1) is 6.61 Å². The van der Waals surface area contributed by atoms with Crippen molar-refractivity contribution in [3.8, 4) is 0 Å². The molecule has 4 aliphatic rings. The van der Waals surface area contributed by atoms with E-state index >= 15 is 0 Å². The molecule has 15 atom stereocenters. The molecule has 0 spiro atoms. The van der Waals surface area contributed by atoms with Crippen LogP contribution in [-0.4, -0.2) is 288 Å². The summed E-state index contributed by atoms with van der Waals surface area (Å²) in [6.45, 7) is -2.59. The predicted molar refractivity (Wildman–Crippen MR) is 234 cm³/mol. The van der Waals surface area contributed by atoms with E-state index in [0.717, 1.165) is 0 Å². The van der Waals surface area contributed by atoms with Gasteiger partial charge in [0.15, 0.2) is 63.9 Å². The molecule has 0 aromatic heterocycles. The van der Waals surface area contributed by atoms with E-state index in [9.17, 15) is 112 Å². The number of ether oxygens (including phenoxy) is 7. The highest BCUT2D eigenvalue weighted by atomic mass is 16.7. The fourth-order valence-corrected chi connectivity index (χ4v) is 7.23. The third-order valence-electron chi connectivity index (χ3n) is 11.5. The van der Waals surface area contributed by atoms with E-state index in [1.807, 2.05) is 16.8 Å². The Morgan fingerprint density at radius 2 is 0.681 bits per heavy atom. The number of rotatable bonds is 12. The molecule has 15 unspecified atom stereocenters. The number of hydrogen-bond donors (Lipinski definition) is 22. The fraction of sp³-hybridized carbons (Fsp3) is 0.756. The minimum Gasteiger partial charge on any atom is -0.506 e. The zero-order chi connectivity index (χ0) is 54.1. The van der Waals surface area contributed by atoms with E-state index in [-0.39, 0.29) is 13.0 Å². The highest BCUT2D eigenvalue weighted by Crippen LogP contribution is 2.31. The average Bonchev–Trinajstić information content (AvgIpc) is 3.36. The summed E-state index contributed by atoms with van der Waals surface area (Å²) < 4.78 is 36.9. The maximum absolute atomic E-state index is 11.3. The van der Waals surface area contributed by atoms with Crippen LogP contribution >= 0.6 is 0 Å². The van der Waals surface area contributed by atoms with E-state index in [1.165, 1.54) is 0 Å². The van der Waals surface area contributed by atoms with Crippen molar-refractivity contribution in [2.24, 2.45) is 0 Å². The first kappa shape index (κ1) is 62.2. The quantitative estimate of drug-likeness (QED) is 0.0871. The smallest absolute Gasteiger partial charge is 0.218 e. The number of piperazine rings is 1. The van der Waals surface area contributed by atoms with Crippen molar-refractivity contribution in [2.45, 2.75) is 125 Å². The van der Waals surface area contributed by atoms with Gasteiger partial charge in [-0.15, -0.1) is 0 Å². The van der Waals surface area contributed by atoms with Crippen molar-refractivity contribution in [3.05, 3.63) is 57.6 Å². The van der Waals surface area contributed by atoms with Gasteiger partial charge in [-0.25, -0.2) is 0 Å². The molecule has 0 aliphatic carbocycles. The SMILES string of the molecule is CN1CCN(CCC2OC(O)/C(O)=C(\O)C(CCO)OC(O)/C(O)=C(/O)C(CCO)OC(O)/C(O)=C(\O)C(CCO)OC3OC(CO)C(OC(O)/C(O)=C(\O)C(CCO)OC(O)C(O)=C2O)C(O)C3O)CC1. The first-order chi connectivity index (χ1) is 34.0. The lowest BCUT2D eigenvalue weighted by atomic mass is 9.98. The van der Waals surface area contributed by atoms with Gasteiger partial charge >= 0.3 is 0 Å². The molecule has 2 fully saturated rings. The van der Waals surface area contributed by atoms with Crippen LogP contribution in [0.2, 0.25) is 0 Å². The Hall–Kier alpha value is -4.14.